The second kappa shape index (κ2) is 7.18. The maximum Gasteiger partial charge on any atom is 0.319 e. The molecule has 0 bridgehead atoms. The summed E-state index contributed by atoms with van der Waals surface area (Å²) in [5, 5.41) is 12.0. The van der Waals surface area contributed by atoms with E-state index < -0.39 is 0 Å². The summed E-state index contributed by atoms with van der Waals surface area (Å²) < 4.78 is 11.1. The van der Waals surface area contributed by atoms with E-state index in [0.29, 0.717) is 6.54 Å². The highest BCUT2D eigenvalue weighted by Crippen LogP contribution is 2.34. The first-order chi connectivity index (χ1) is 11.1. The molecular weight excluding hydrogens is 334 g/mol. The average Bonchev–Trinajstić information content (AvgIpc) is 3.12. The van der Waals surface area contributed by atoms with Crippen LogP contribution in [0.15, 0.2) is 28.6 Å². The maximum absolute atomic E-state index is 11.6. The van der Waals surface area contributed by atoms with Crippen LogP contribution in [0.5, 0.6) is 5.75 Å². The Morgan fingerprint density at radius 2 is 2.17 bits per heavy atom. The normalized spacial score (nSPS) is 20.3. The number of benzene rings is 1. The van der Waals surface area contributed by atoms with Gasteiger partial charge < -0.3 is 14.8 Å². The van der Waals surface area contributed by atoms with Crippen molar-refractivity contribution >= 4 is 34.2 Å². The molecular formula is C15H17N3O3S2. The number of nitrogens with one attached hydrogen (secondary N) is 1. The van der Waals surface area contributed by atoms with Crippen LogP contribution in [0.25, 0.3) is 0 Å². The van der Waals surface area contributed by atoms with Crippen LogP contribution in [0.4, 0.5) is 5.13 Å². The molecule has 1 aromatic carbocycles. The third-order valence-corrected chi connectivity index (χ3v) is 5.55. The quantitative estimate of drug-likeness (QED) is 0.802. The molecule has 0 radical (unpaired) electrons. The zero-order valence-electron chi connectivity index (χ0n) is 12.8. The number of aromatic nitrogens is 2. The Morgan fingerprint density at radius 3 is 2.83 bits per heavy atom. The van der Waals surface area contributed by atoms with E-state index in [-0.39, 0.29) is 17.3 Å². The van der Waals surface area contributed by atoms with Crippen molar-refractivity contribution in [1.29, 1.82) is 0 Å². The Hall–Kier alpha value is -1.80. The van der Waals surface area contributed by atoms with Crippen LogP contribution in [0.2, 0.25) is 0 Å². The van der Waals surface area contributed by atoms with Gasteiger partial charge in [0.1, 0.15) is 17.1 Å². The van der Waals surface area contributed by atoms with Gasteiger partial charge in [0.05, 0.1) is 7.11 Å². The fraction of sp³-hybridized carbons (Fsp3) is 0.400. The largest absolute Gasteiger partial charge is 0.497 e. The minimum absolute atomic E-state index is 0.0133. The van der Waals surface area contributed by atoms with Crippen molar-refractivity contribution in [3.63, 3.8) is 0 Å². The molecule has 1 aliphatic rings. The van der Waals surface area contributed by atoms with Gasteiger partial charge in [-0.15, -0.1) is 10.2 Å². The lowest BCUT2D eigenvalue weighted by atomic mass is 10.2. The molecule has 0 saturated carbocycles. The van der Waals surface area contributed by atoms with E-state index in [2.05, 4.69) is 15.5 Å². The number of cyclic esters (lactones) is 1. The van der Waals surface area contributed by atoms with Crippen LogP contribution in [0.1, 0.15) is 18.9 Å². The summed E-state index contributed by atoms with van der Waals surface area (Å²) in [6.45, 7) is 2.56. The fourth-order valence-corrected chi connectivity index (χ4v) is 4.29. The molecule has 2 atom stereocenters. The number of esters is 1. The molecule has 0 amide bonds. The zero-order chi connectivity index (χ0) is 16.2. The van der Waals surface area contributed by atoms with Gasteiger partial charge in [-0.25, -0.2) is 0 Å². The molecule has 1 fully saturated rings. The molecule has 1 aromatic heterocycles. The SMILES string of the molecule is COc1ccc(CNc2nnc(S[C@@H]3C[C@H](C)OC3=O)s2)cc1. The van der Waals surface area contributed by atoms with Crippen molar-refractivity contribution < 1.29 is 14.3 Å². The van der Waals surface area contributed by atoms with Gasteiger partial charge in [0, 0.05) is 13.0 Å². The van der Waals surface area contributed by atoms with E-state index >= 15 is 0 Å². The van der Waals surface area contributed by atoms with Crippen molar-refractivity contribution in [3.8, 4) is 5.75 Å². The molecule has 3 rings (SSSR count). The number of carbonyl (C=O) groups excluding carboxylic acids is 1. The van der Waals surface area contributed by atoms with Crippen LogP contribution in [-0.2, 0) is 16.1 Å². The average molecular weight is 351 g/mol. The highest BCUT2D eigenvalue weighted by Gasteiger charge is 2.33. The Labute approximate surface area is 142 Å². The van der Waals surface area contributed by atoms with Crippen molar-refractivity contribution in [1.82, 2.24) is 10.2 Å². The molecule has 2 heterocycles. The molecule has 23 heavy (non-hydrogen) atoms. The Kier molecular flexibility index (Phi) is 5.02. The minimum atomic E-state index is -0.174. The molecule has 2 aromatic rings. The van der Waals surface area contributed by atoms with Crippen LogP contribution < -0.4 is 10.1 Å². The third kappa shape index (κ3) is 4.14. The van der Waals surface area contributed by atoms with Gasteiger partial charge in [-0.05, 0) is 24.6 Å². The topological polar surface area (TPSA) is 73.3 Å². The molecule has 1 saturated heterocycles. The van der Waals surface area contributed by atoms with Crippen LogP contribution in [-0.4, -0.2) is 34.6 Å². The van der Waals surface area contributed by atoms with Gasteiger partial charge >= 0.3 is 5.97 Å². The number of methoxy groups -OCH3 is 1. The number of ether oxygens (including phenoxy) is 2. The number of hydrogen-bond donors (Lipinski definition) is 1. The van der Waals surface area contributed by atoms with E-state index in [1.54, 1.807) is 7.11 Å². The summed E-state index contributed by atoms with van der Waals surface area (Å²) in [6.07, 6.45) is 0.707. The molecule has 8 heteroatoms. The monoisotopic (exact) mass is 351 g/mol. The van der Waals surface area contributed by atoms with Crippen LogP contribution in [0.3, 0.4) is 0 Å². The molecule has 0 aliphatic carbocycles. The molecule has 0 unspecified atom stereocenters. The highest BCUT2D eigenvalue weighted by atomic mass is 32.2. The number of nitrogens with zero attached hydrogens (tertiary/aromatic N) is 2. The Bertz CT molecular complexity index is 675. The molecule has 6 nitrogen and oxygen atoms in total. The van der Waals surface area contributed by atoms with Crippen LogP contribution >= 0.6 is 23.1 Å². The smallest absolute Gasteiger partial charge is 0.319 e. The highest BCUT2D eigenvalue weighted by molar-refractivity contribution is 8.02. The van der Waals surface area contributed by atoms with Crippen molar-refractivity contribution in [3.05, 3.63) is 29.8 Å². The standard InChI is InChI=1S/C15H17N3O3S2/c1-9-7-12(13(19)21-9)22-15-18-17-14(23-15)16-8-10-3-5-11(20-2)6-4-10/h3-6,9,12H,7-8H2,1-2H3,(H,16,17)/t9-,12+/m0/s1. The minimum Gasteiger partial charge on any atom is -0.497 e. The Morgan fingerprint density at radius 1 is 1.39 bits per heavy atom. The fourth-order valence-electron chi connectivity index (χ4n) is 2.19. The van der Waals surface area contributed by atoms with Gasteiger partial charge in [-0.3, -0.25) is 4.79 Å². The first-order valence-electron chi connectivity index (χ1n) is 7.21. The first-order valence-corrected chi connectivity index (χ1v) is 8.91. The van der Waals surface area contributed by atoms with E-state index in [4.69, 9.17) is 9.47 Å². The zero-order valence-corrected chi connectivity index (χ0v) is 14.4. The lowest BCUT2D eigenvalue weighted by Gasteiger charge is -2.04. The van der Waals surface area contributed by atoms with Crippen molar-refractivity contribution in [2.45, 2.75) is 35.6 Å². The summed E-state index contributed by atoms with van der Waals surface area (Å²) in [4.78, 5) is 11.6. The van der Waals surface area contributed by atoms with Gasteiger partial charge in [0.15, 0.2) is 4.34 Å². The summed E-state index contributed by atoms with van der Waals surface area (Å²) in [7, 11) is 1.65. The predicted molar refractivity (Wildman–Crippen MR) is 90.0 cm³/mol. The summed E-state index contributed by atoms with van der Waals surface area (Å²) in [5.74, 6) is 0.673. The third-order valence-electron chi connectivity index (χ3n) is 3.38. The molecule has 122 valence electrons. The predicted octanol–water partition coefficient (Wildman–Crippen LogP) is 2.95. The maximum atomic E-state index is 11.6. The van der Waals surface area contributed by atoms with Gasteiger partial charge in [0.25, 0.3) is 0 Å². The number of rotatable bonds is 6. The van der Waals surface area contributed by atoms with E-state index in [0.717, 1.165) is 27.2 Å². The lowest BCUT2D eigenvalue weighted by molar-refractivity contribution is -0.140. The van der Waals surface area contributed by atoms with E-state index in [1.807, 2.05) is 31.2 Å². The molecule has 0 spiro atoms. The van der Waals surface area contributed by atoms with Gasteiger partial charge in [0.2, 0.25) is 5.13 Å². The van der Waals surface area contributed by atoms with E-state index in [1.165, 1.54) is 23.1 Å². The van der Waals surface area contributed by atoms with Gasteiger partial charge in [-0.1, -0.05) is 35.2 Å². The second-order valence-corrected chi connectivity index (χ2v) is 7.59. The number of hydrogen-bond acceptors (Lipinski definition) is 8. The lowest BCUT2D eigenvalue weighted by Crippen LogP contribution is -2.08. The van der Waals surface area contributed by atoms with Crippen LogP contribution in [0, 0.1) is 0 Å². The summed E-state index contributed by atoms with van der Waals surface area (Å²) in [6, 6.07) is 7.84. The number of thioether (sulfide) groups is 1. The summed E-state index contributed by atoms with van der Waals surface area (Å²) in [5.41, 5.74) is 1.13. The number of carbonyl (C=O) groups is 1. The van der Waals surface area contributed by atoms with Crippen molar-refractivity contribution in [2.75, 3.05) is 12.4 Å². The Balaban J connectivity index is 1.53. The number of anilines is 1. The van der Waals surface area contributed by atoms with Crippen molar-refractivity contribution in [2.24, 2.45) is 0 Å². The first kappa shape index (κ1) is 16.1. The summed E-state index contributed by atoms with van der Waals surface area (Å²) >= 11 is 2.87. The second-order valence-electron chi connectivity index (χ2n) is 5.16. The van der Waals surface area contributed by atoms with Gasteiger partial charge in [-0.2, -0.15) is 0 Å². The van der Waals surface area contributed by atoms with E-state index in [9.17, 15) is 4.79 Å². The molecule has 1 N–H and O–H groups in total. The molecule has 1 aliphatic heterocycles.